The average Bonchev–Trinajstić information content (AvgIpc) is 3.30. The van der Waals surface area contributed by atoms with E-state index in [1.807, 2.05) is 34.7 Å². The van der Waals surface area contributed by atoms with Crippen LogP contribution in [0, 0.1) is 0 Å². The molecule has 0 unspecified atom stereocenters. The normalized spacial score (nSPS) is 15.2. The molecular formula is C21H26N4O2. The highest BCUT2D eigenvalue weighted by Gasteiger charge is 2.29. The lowest BCUT2D eigenvalue weighted by molar-refractivity contribution is -0.135. The maximum absolute atomic E-state index is 13.2. The number of ether oxygens (including phenoxy) is 1. The molecule has 1 aromatic carbocycles. The zero-order valence-electron chi connectivity index (χ0n) is 16.3. The number of aromatic nitrogens is 3. The second kappa shape index (κ2) is 6.76. The second-order valence-electron chi connectivity index (χ2n) is 7.53. The van der Waals surface area contributed by atoms with Crippen molar-refractivity contribution in [2.24, 2.45) is 0 Å². The second-order valence-corrected chi connectivity index (χ2v) is 7.53. The third kappa shape index (κ3) is 2.99. The lowest BCUT2D eigenvalue weighted by Gasteiger charge is -2.30. The van der Waals surface area contributed by atoms with E-state index in [0.717, 1.165) is 35.4 Å². The quantitative estimate of drug-likeness (QED) is 0.767. The molecule has 0 fully saturated rings. The molecule has 1 atom stereocenters. The van der Waals surface area contributed by atoms with E-state index in [0.29, 0.717) is 6.54 Å². The monoisotopic (exact) mass is 366 g/mol. The number of amides is 1. The molecule has 1 aliphatic rings. The van der Waals surface area contributed by atoms with E-state index in [2.05, 4.69) is 29.9 Å². The summed E-state index contributed by atoms with van der Waals surface area (Å²) in [7, 11) is 1.68. The van der Waals surface area contributed by atoms with Crippen LogP contribution < -0.4 is 4.74 Å². The van der Waals surface area contributed by atoms with Gasteiger partial charge in [0.2, 0.25) is 5.91 Å². The molecule has 0 saturated carbocycles. The molecule has 6 nitrogen and oxygen atoms in total. The molecule has 0 radical (unpaired) electrons. The summed E-state index contributed by atoms with van der Waals surface area (Å²) in [6.07, 6.45) is 4.52. The van der Waals surface area contributed by atoms with Gasteiger partial charge in [0.15, 0.2) is 0 Å². The van der Waals surface area contributed by atoms with Gasteiger partial charge in [-0.25, -0.2) is 4.98 Å². The van der Waals surface area contributed by atoms with E-state index in [9.17, 15) is 4.79 Å². The molecule has 0 bridgehead atoms. The SMILES string of the molecule is COc1ccc2[nH]c3c(c2c1)CN(C(=O)[C@H](C)n1ccnc1C(C)C)CC3. The van der Waals surface area contributed by atoms with Gasteiger partial charge in [0.05, 0.1) is 7.11 Å². The first-order valence-electron chi connectivity index (χ1n) is 9.48. The zero-order valence-corrected chi connectivity index (χ0v) is 16.3. The van der Waals surface area contributed by atoms with Gasteiger partial charge in [-0.2, -0.15) is 0 Å². The first-order chi connectivity index (χ1) is 13.0. The topological polar surface area (TPSA) is 63.1 Å². The van der Waals surface area contributed by atoms with Crippen LogP contribution in [-0.4, -0.2) is 39.0 Å². The number of H-pyrrole nitrogens is 1. The highest BCUT2D eigenvalue weighted by atomic mass is 16.5. The number of fused-ring (bicyclic) bond motifs is 3. The summed E-state index contributed by atoms with van der Waals surface area (Å²) >= 11 is 0. The van der Waals surface area contributed by atoms with Crippen molar-refractivity contribution in [1.29, 1.82) is 0 Å². The van der Waals surface area contributed by atoms with Gasteiger partial charge < -0.3 is 19.2 Å². The Morgan fingerprint density at radius 2 is 2.11 bits per heavy atom. The Balaban J connectivity index is 1.62. The molecule has 1 amide bonds. The minimum atomic E-state index is -0.258. The summed E-state index contributed by atoms with van der Waals surface area (Å²) in [4.78, 5) is 23.1. The summed E-state index contributed by atoms with van der Waals surface area (Å²) in [5.74, 6) is 2.20. The highest BCUT2D eigenvalue weighted by Crippen LogP contribution is 2.31. The van der Waals surface area contributed by atoms with E-state index in [-0.39, 0.29) is 17.9 Å². The van der Waals surface area contributed by atoms with E-state index < -0.39 is 0 Å². The number of benzene rings is 1. The molecule has 0 spiro atoms. The van der Waals surface area contributed by atoms with Crippen LogP contribution in [0.2, 0.25) is 0 Å². The fourth-order valence-corrected chi connectivity index (χ4v) is 3.99. The third-order valence-electron chi connectivity index (χ3n) is 5.48. The van der Waals surface area contributed by atoms with Gasteiger partial charge in [-0.15, -0.1) is 0 Å². The van der Waals surface area contributed by atoms with E-state index in [4.69, 9.17) is 4.74 Å². The molecule has 2 aromatic heterocycles. The van der Waals surface area contributed by atoms with Crippen LogP contribution in [-0.2, 0) is 17.8 Å². The third-order valence-corrected chi connectivity index (χ3v) is 5.48. The Morgan fingerprint density at radius 3 is 2.85 bits per heavy atom. The molecule has 4 rings (SSSR count). The number of aromatic amines is 1. The van der Waals surface area contributed by atoms with Crippen LogP contribution in [0.3, 0.4) is 0 Å². The minimum Gasteiger partial charge on any atom is -0.497 e. The Morgan fingerprint density at radius 1 is 1.30 bits per heavy atom. The number of nitrogens with zero attached hydrogens (tertiary/aromatic N) is 3. The largest absolute Gasteiger partial charge is 0.497 e. The van der Waals surface area contributed by atoms with E-state index >= 15 is 0 Å². The lowest BCUT2D eigenvalue weighted by atomic mass is 10.0. The number of hydrogen-bond acceptors (Lipinski definition) is 3. The molecule has 6 heteroatoms. The standard InChI is InChI=1S/C21H26N4O2/c1-13(2)20-22-8-10-25(20)14(3)21(26)24-9-7-19-17(12-24)16-11-15(27-4)5-6-18(16)23-19/h5-6,8,10-11,13-14,23H,7,9,12H2,1-4H3/t14-/m0/s1. The van der Waals surface area contributed by atoms with Crippen LogP contribution >= 0.6 is 0 Å². The van der Waals surface area contributed by atoms with Crippen molar-refractivity contribution in [2.45, 2.75) is 45.7 Å². The molecule has 27 heavy (non-hydrogen) atoms. The fourth-order valence-electron chi connectivity index (χ4n) is 3.99. The Kier molecular flexibility index (Phi) is 4.42. The van der Waals surface area contributed by atoms with Crippen molar-refractivity contribution in [1.82, 2.24) is 19.4 Å². The summed E-state index contributed by atoms with van der Waals surface area (Å²) in [5, 5.41) is 1.14. The van der Waals surface area contributed by atoms with Gasteiger partial charge in [0.1, 0.15) is 17.6 Å². The fraction of sp³-hybridized carbons (Fsp3) is 0.429. The first kappa shape index (κ1) is 17.6. The Hall–Kier alpha value is -2.76. The maximum atomic E-state index is 13.2. The zero-order chi connectivity index (χ0) is 19.1. The maximum Gasteiger partial charge on any atom is 0.245 e. The van der Waals surface area contributed by atoms with Crippen LogP contribution in [0.15, 0.2) is 30.6 Å². The summed E-state index contributed by atoms with van der Waals surface area (Å²) in [5.41, 5.74) is 3.52. The number of imidazole rings is 1. The molecule has 3 heterocycles. The average molecular weight is 366 g/mol. The minimum absolute atomic E-state index is 0.137. The summed E-state index contributed by atoms with van der Waals surface area (Å²) < 4.78 is 7.38. The molecule has 0 aliphatic carbocycles. The predicted octanol–water partition coefficient (Wildman–Crippen LogP) is 3.64. The Bertz CT molecular complexity index is 985. The van der Waals surface area contributed by atoms with Crippen LogP contribution in [0.5, 0.6) is 5.75 Å². The highest BCUT2D eigenvalue weighted by molar-refractivity contribution is 5.87. The molecule has 1 N–H and O–H groups in total. The molecule has 1 aliphatic heterocycles. The van der Waals surface area contributed by atoms with Crippen molar-refractivity contribution in [2.75, 3.05) is 13.7 Å². The molecule has 142 valence electrons. The number of rotatable bonds is 4. The van der Waals surface area contributed by atoms with Crippen LogP contribution in [0.1, 0.15) is 49.8 Å². The van der Waals surface area contributed by atoms with Crippen LogP contribution in [0.25, 0.3) is 10.9 Å². The van der Waals surface area contributed by atoms with Gasteiger partial charge >= 0.3 is 0 Å². The molecule has 3 aromatic rings. The number of nitrogens with one attached hydrogen (secondary N) is 1. The van der Waals surface area contributed by atoms with Crippen molar-refractivity contribution in [3.8, 4) is 5.75 Å². The van der Waals surface area contributed by atoms with Gasteiger partial charge in [-0.05, 0) is 25.1 Å². The van der Waals surface area contributed by atoms with Gasteiger partial charge in [-0.3, -0.25) is 4.79 Å². The van der Waals surface area contributed by atoms with E-state index in [1.165, 1.54) is 11.3 Å². The summed E-state index contributed by atoms with van der Waals surface area (Å²) in [6.45, 7) is 7.51. The Labute approximate surface area is 159 Å². The van der Waals surface area contributed by atoms with Crippen molar-refractivity contribution in [3.63, 3.8) is 0 Å². The number of carbonyl (C=O) groups is 1. The predicted molar refractivity (Wildman–Crippen MR) is 105 cm³/mol. The number of carbonyl (C=O) groups excluding carboxylic acids is 1. The van der Waals surface area contributed by atoms with Gasteiger partial charge in [-0.1, -0.05) is 13.8 Å². The first-order valence-corrected chi connectivity index (χ1v) is 9.48. The lowest BCUT2D eigenvalue weighted by Crippen LogP contribution is -2.40. The number of methoxy groups -OCH3 is 1. The van der Waals surface area contributed by atoms with Gasteiger partial charge in [0.25, 0.3) is 0 Å². The van der Waals surface area contributed by atoms with Crippen molar-refractivity contribution >= 4 is 16.8 Å². The number of hydrogen-bond donors (Lipinski definition) is 1. The summed E-state index contributed by atoms with van der Waals surface area (Å²) in [6, 6.07) is 5.80. The van der Waals surface area contributed by atoms with Crippen LogP contribution in [0.4, 0.5) is 0 Å². The molecule has 0 saturated heterocycles. The van der Waals surface area contributed by atoms with Crippen molar-refractivity contribution < 1.29 is 9.53 Å². The van der Waals surface area contributed by atoms with E-state index in [1.54, 1.807) is 13.3 Å². The van der Waals surface area contributed by atoms with Gasteiger partial charge in [0, 0.05) is 60.0 Å². The molecular weight excluding hydrogens is 340 g/mol. The van der Waals surface area contributed by atoms with Crippen molar-refractivity contribution in [3.05, 3.63) is 47.7 Å². The smallest absolute Gasteiger partial charge is 0.245 e.